The van der Waals surface area contributed by atoms with Gasteiger partial charge in [-0.15, -0.1) is 0 Å². The maximum absolute atomic E-state index is 11.7. The van der Waals surface area contributed by atoms with Crippen molar-refractivity contribution in [3.63, 3.8) is 0 Å². The Morgan fingerprint density at radius 1 is 0.750 bits per heavy atom. The van der Waals surface area contributed by atoms with Gasteiger partial charge in [-0.3, -0.25) is 4.79 Å². The number of carbonyl (C=O) groups excluding carboxylic acids is 1. The van der Waals surface area contributed by atoms with Crippen LogP contribution in [0.1, 0.15) is 53.4 Å². The zero-order chi connectivity index (χ0) is 33.5. The molecule has 0 aliphatic rings. The van der Waals surface area contributed by atoms with Crippen LogP contribution in [0.2, 0.25) is 17.3 Å². The van der Waals surface area contributed by atoms with E-state index < -0.39 is 13.3 Å². The molecule has 0 fully saturated rings. The molecular formula is C43H46GeIrNO2-. The maximum atomic E-state index is 11.7. The van der Waals surface area contributed by atoms with Gasteiger partial charge < -0.3 is 5.11 Å². The number of nitrogens with zero attached hydrogens (tertiary/aromatic N) is 1. The van der Waals surface area contributed by atoms with E-state index in [4.69, 9.17) is 4.98 Å². The van der Waals surface area contributed by atoms with E-state index in [1.807, 2.05) is 33.9 Å². The van der Waals surface area contributed by atoms with Crippen molar-refractivity contribution in [3.05, 3.63) is 96.9 Å². The summed E-state index contributed by atoms with van der Waals surface area (Å²) in [6, 6.07) is 30.7. The summed E-state index contributed by atoms with van der Waals surface area (Å²) in [6.07, 6.45) is 6.88. The predicted molar refractivity (Wildman–Crippen MR) is 206 cm³/mol. The minimum Gasteiger partial charge on any atom is 0 e. The van der Waals surface area contributed by atoms with Crippen LogP contribution in [0, 0.1) is 17.9 Å². The van der Waals surface area contributed by atoms with Gasteiger partial charge in [0.2, 0.25) is 0 Å². The summed E-state index contributed by atoms with van der Waals surface area (Å²) in [5.41, 5.74) is 1.06. The third-order valence-electron chi connectivity index (χ3n) is 10.1. The molecule has 1 N–H and O–H groups in total. The molecule has 0 spiro atoms. The van der Waals surface area contributed by atoms with Gasteiger partial charge >= 0.3 is 190 Å². The van der Waals surface area contributed by atoms with Gasteiger partial charge in [0, 0.05) is 38.0 Å². The van der Waals surface area contributed by atoms with Gasteiger partial charge in [0.05, 0.1) is 5.76 Å². The molecule has 0 amide bonds. The van der Waals surface area contributed by atoms with Crippen molar-refractivity contribution in [1.82, 2.24) is 4.98 Å². The summed E-state index contributed by atoms with van der Waals surface area (Å²) in [7, 11) is 0. The van der Waals surface area contributed by atoms with Gasteiger partial charge in [-0.25, -0.2) is 0 Å². The Morgan fingerprint density at radius 2 is 1.40 bits per heavy atom. The zero-order valence-corrected chi connectivity index (χ0v) is 33.7. The van der Waals surface area contributed by atoms with Crippen LogP contribution in [-0.2, 0) is 24.9 Å². The summed E-state index contributed by atoms with van der Waals surface area (Å²) < 4.78 is 1.55. The number of aliphatic hydroxyl groups is 1. The second kappa shape index (κ2) is 14.7. The fourth-order valence-electron chi connectivity index (χ4n) is 7.21. The number of hydrogen-bond donors (Lipinski definition) is 1. The third-order valence-corrected chi connectivity index (χ3v) is 14.4. The number of pyridine rings is 1. The number of benzene rings is 6. The van der Waals surface area contributed by atoms with Crippen LogP contribution in [0.25, 0.3) is 64.8 Å². The molecule has 5 heteroatoms. The number of hydrogen-bond acceptors (Lipinski definition) is 3. The minimum atomic E-state index is -1.96. The second-order valence-corrected chi connectivity index (χ2v) is 24.6. The van der Waals surface area contributed by atoms with Crippen molar-refractivity contribution >= 4 is 88.2 Å². The first kappa shape index (κ1) is 36.0. The van der Waals surface area contributed by atoms with Gasteiger partial charge in [0.15, 0.2) is 5.78 Å². The van der Waals surface area contributed by atoms with Gasteiger partial charge in [-0.05, 0) is 25.7 Å². The number of fused-ring (bicyclic) bond motifs is 7. The molecule has 0 aliphatic heterocycles. The summed E-state index contributed by atoms with van der Waals surface area (Å²) in [4.78, 5) is 16.6. The molecule has 48 heavy (non-hydrogen) atoms. The van der Waals surface area contributed by atoms with Crippen LogP contribution < -0.4 is 4.40 Å². The standard InChI is InChI=1S/C30H22GeN.C13H24O2.Ir/c1-31(2,3)20-11-12-21-24-13-14-32-30-27-16-19-8-5-4-7-18(19)15-25(27)22-9-6-10-23(26(21)17-20)28(22)29(24)30;1-5-10(6-2)12(14)9-13(15)11(7-3)8-4;/h4-15,17H,1-3H3;9-11,14H,5-8H2,1-4H3;/q-1;;/b;12-9-;. The van der Waals surface area contributed by atoms with Crippen LogP contribution >= 0.6 is 0 Å². The fourth-order valence-corrected chi connectivity index (χ4v) is 9.65. The SMILES string of the molecule is CCC(CC)C(=O)/C=C(\O)C(CC)CC.[CH3][Ge]([CH3])([CH3])[c]1ccc2c(c1)c1cccc3c4cc5ccccc5[c-]c4c4nccc2c4c31.[Ir]. The summed E-state index contributed by atoms with van der Waals surface area (Å²) in [6.45, 7) is 8.07. The van der Waals surface area contributed by atoms with Crippen LogP contribution in [0.3, 0.4) is 0 Å². The number of allylic oxidation sites excluding steroid dienone is 2. The van der Waals surface area contributed by atoms with E-state index >= 15 is 0 Å². The largest absolute Gasteiger partial charge is 0 e. The number of rotatable bonds is 8. The number of ketones is 1. The average molecular weight is 874 g/mol. The van der Waals surface area contributed by atoms with Gasteiger partial charge in [0.25, 0.3) is 0 Å². The van der Waals surface area contributed by atoms with E-state index in [0.717, 1.165) is 42.0 Å². The number of aromatic nitrogens is 1. The molecule has 1 aromatic heterocycles. The Kier molecular flexibility index (Phi) is 11.0. The fraction of sp³-hybridized carbons (Fsp3) is 0.302. The number of carbonyl (C=O) groups is 1. The van der Waals surface area contributed by atoms with E-state index in [1.54, 1.807) is 4.40 Å². The molecule has 0 saturated heterocycles. The number of aliphatic hydroxyl groups excluding tert-OH is 1. The molecular weight excluding hydrogens is 827 g/mol. The van der Waals surface area contributed by atoms with Crippen molar-refractivity contribution in [3.8, 4) is 0 Å². The van der Waals surface area contributed by atoms with Crippen molar-refractivity contribution in [2.24, 2.45) is 11.8 Å². The van der Waals surface area contributed by atoms with Crippen LogP contribution in [0.15, 0.2) is 90.8 Å². The topological polar surface area (TPSA) is 50.2 Å². The first-order valence-corrected chi connectivity index (χ1v) is 24.6. The molecule has 0 aliphatic carbocycles. The Balaban J connectivity index is 0.000000243. The third kappa shape index (κ3) is 6.52. The van der Waals surface area contributed by atoms with Crippen molar-refractivity contribution < 1.29 is 30.0 Å². The molecule has 7 rings (SSSR count). The quantitative estimate of drug-likeness (QED) is 0.0413. The maximum Gasteiger partial charge on any atom is 0 e. The average Bonchev–Trinajstić information content (AvgIpc) is 3.08. The Hall–Kier alpha value is -3.31. The Labute approximate surface area is 300 Å². The van der Waals surface area contributed by atoms with E-state index in [2.05, 4.69) is 96.1 Å². The van der Waals surface area contributed by atoms with Gasteiger partial charge in [-0.1, -0.05) is 27.7 Å². The second-order valence-electron chi connectivity index (χ2n) is 14.0. The van der Waals surface area contributed by atoms with Gasteiger partial charge in [-0.2, -0.15) is 0 Å². The smallest absolute Gasteiger partial charge is 0 e. The first-order valence-electron chi connectivity index (χ1n) is 17.3. The molecule has 0 unspecified atom stereocenters. The molecule has 249 valence electrons. The minimum absolute atomic E-state index is 0. The molecule has 7 aromatic rings. The molecule has 0 saturated carbocycles. The summed E-state index contributed by atoms with van der Waals surface area (Å²) in [5.74, 6) is 7.96. The van der Waals surface area contributed by atoms with Crippen LogP contribution in [0.4, 0.5) is 0 Å². The Morgan fingerprint density at radius 3 is 2.06 bits per heavy atom. The van der Waals surface area contributed by atoms with Gasteiger partial charge in [0.1, 0.15) is 0 Å². The molecule has 0 atom stereocenters. The normalized spacial score (nSPS) is 12.5. The van der Waals surface area contributed by atoms with Crippen LogP contribution in [-0.4, -0.2) is 29.1 Å². The molecule has 6 aromatic carbocycles. The molecule has 0 bridgehead atoms. The Bertz CT molecular complexity index is 2280. The zero-order valence-electron chi connectivity index (χ0n) is 29.2. The first-order chi connectivity index (χ1) is 22.6. The molecule has 1 heterocycles. The van der Waals surface area contributed by atoms with E-state index in [9.17, 15) is 9.90 Å². The van der Waals surface area contributed by atoms with E-state index in [0.29, 0.717) is 0 Å². The summed E-state index contributed by atoms with van der Waals surface area (Å²) in [5, 5.41) is 23.7. The van der Waals surface area contributed by atoms with Crippen molar-refractivity contribution in [1.29, 1.82) is 0 Å². The monoisotopic (exact) mass is 875 g/mol. The van der Waals surface area contributed by atoms with Crippen molar-refractivity contribution in [2.75, 3.05) is 0 Å². The molecule has 1 radical (unpaired) electrons. The van der Waals surface area contributed by atoms with E-state index in [1.165, 1.54) is 54.6 Å². The molecule has 3 nitrogen and oxygen atoms in total. The summed E-state index contributed by atoms with van der Waals surface area (Å²) >= 11 is -1.96. The van der Waals surface area contributed by atoms with Crippen molar-refractivity contribution in [2.45, 2.75) is 70.6 Å². The predicted octanol–water partition coefficient (Wildman–Crippen LogP) is 11.7. The van der Waals surface area contributed by atoms with Crippen LogP contribution in [0.5, 0.6) is 0 Å². The van der Waals surface area contributed by atoms with E-state index in [-0.39, 0.29) is 43.5 Å².